The minimum Gasteiger partial charge on any atom is -0.462 e. The molecule has 0 atom stereocenters. The molecule has 1 fully saturated rings. The monoisotopic (exact) mass is 626 g/mol. The largest absolute Gasteiger partial charge is 0.462 e. The van der Waals surface area contributed by atoms with Gasteiger partial charge in [0, 0.05) is 49.5 Å². The standard InChI is InChI=1S/C34H37Cl3N2O3/c1-4-41-33(40)27-13-12-26(20-31(27)42-30-7-5-6-29(36)32(30)37)39-18-16-38(17-19-39)22-24-14-15-34(2,3)21-28(24)23-8-10-25(35)11-9-23/h5-13,20H,4,14-19,21-22H2,1-3H3. The molecule has 0 unspecified atom stereocenters. The Kier molecular flexibility index (Phi) is 9.74. The van der Waals surface area contributed by atoms with Crippen molar-refractivity contribution in [3.8, 4) is 11.5 Å². The lowest BCUT2D eigenvalue weighted by atomic mass is 9.72. The van der Waals surface area contributed by atoms with Crippen molar-refractivity contribution < 1.29 is 14.3 Å². The van der Waals surface area contributed by atoms with E-state index < -0.39 is 5.97 Å². The molecule has 0 aromatic heterocycles. The Morgan fingerprint density at radius 2 is 1.67 bits per heavy atom. The molecule has 3 aromatic carbocycles. The van der Waals surface area contributed by atoms with Gasteiger partial charge in [-0.05, 0) is 79.1 Å². The molecule has 42 heavy (non-hydrogen) atoms. The van der Waals surface area contributed by atoms with Crippen LogP contribution in [0.1, 0.15) is 56.0 Å². The topological polar surface area (TPSA) is 42.0 Å². The maximum atomic E-state index is 12.7. The van der Waals surface area contributed by atoms with Gasteiger partial charge in [0.05, 0.1) is 11.6 Å². The number of rotatable bonds is 8. The van der Waals surface area contributed by atoms with Gasteiger partial charge in [-0.3, -0.25) is 4.90 Å². The van der Waals surface area contributed by atoms with Gasteiger partial charge in [0.1, 0.15) is 22.1 Å². The van der Waals surface area contributed by atoms with Gasteiger partial charge >= 0.3 is 5.97 Å². The molecule has 0 amide bonds. The fraction of sp³-hybridized carbons (Fsp3) is 0.382. The van der Waals surface area contributed by atoms with Crippen LogP contribution in [0.3, 0.4) is 0 Å². The summed E-state index contributed by atoms with van der Waals surface area (Å²) in [5.74, 6) is 0.333. The molecule has 3 aromatic rings. The number of hydrogen-bond donors (Lipinski definition) is 0. The quantitative estimate of drug-likeness (QED) is 0.233. The van der Waals surface area contributed by atoms with Crippen LogP contribution in [0.4, 0.5) is 5.69 Å². The van der Waals surface area contributed by atoms with Gasteiger partial charge in [0.2, 0.25) is 0 Å². The lowest BCUT2D eigenvalue weighted by Crippen LogP contribution is -2.47. The zero-order chi connectivity index (χ0) is 29.9. The number of nitrogens with zero attached hydrogens (tertiary/aromatic N) is 2. The molecule has 1 aliphatic carbocycles. The Balaban J connectivity index is 1.32. The van der Waals surface area contributed by atoms with Gasteiger partial charge < -0.3 is 14.4 Å². The Morgan fingerprint density at radius 1 is 0.929 bits per heavy atom. The van der Waals surface area contributed by atoms with Crippen molar-refractivity contribution in [1.82, 2.24) is 4.90 Å². The SMILES string of the molecule is CCOC(=O)c1ccc(N2CCN(CC3=C(c4ccc(Cl)cc4)CC(C)(C)CC3)CC2)cc1Oc1cccc(Cl)c1Cl. The third-order valence-electron chi connectivity index (χ3n) is 8.13. The summed E-state index contributed by atoms with van der Waals surface area (Å²) >= 11 is 18.8. The molecular weight excluding hydrogens is 591 g/mol. The lowest BCUT2D eigenvalue weighted by Gasteiger charge is -2.39. The Bertz CT molecular complexity index is 1460. The number of hydrogen-bond acceptors (Lipinski definition) is 5. The average molecular weight is 628 g/mol. The van der Waals surface area contributed by atoms with E-state index in [1.54, 1.807) is 31.2 Å². The highest BCUT2D eigenvalue weighted by Gasteiger charge is 2.29. The van der Waals surface area contributed by atoms with E-state index in [0.29, 0.717) is 32.5 Å². The number of ether oxygens (including phenoxy) is 2. The fourth-order valence-corrected chi connectivity index (χ4v) is 6.21. The first-order valence-corrected chi connectivity index (χ1v) is 15.6. The van der Waals surface area contributed by atoms with Crippen molar-refractivity contribution in [3.05, 3.63) is 92.4 Å². The highest BCUT2D eigenvalue weighted by molar-refractivity contribution is 6.42. The number of anilines is 1. The predicted octanol–water partition coefficient (Wildman–Crippen LogP) is 9.40. The second-order valence-corrected chi connectivity index (χ2v) is 13.0. The fourth-order valence-electron chi connectivity index (χ4n) is 5.75. The van der Waals surface area contributed by atoms with Crippen molar-refractivity contribution in [2.75, 3.05) is 44.2 Å². The third-order valence-corrected chi connectivity index (χ3v) is 9.18. The van der Waals surface area contributed by atoms with Crippen LogP contribution >= 0.6 is 34.8 Å². The smallest absolute Gasteiger partial charge is 0.341 e. The van der Waals surface area contributed by atoms with Crippen molar-refractivity contribution in [2.24, 2.45) is 5.41 Å². The van der Waals surface area contributed by atoms with Crippen LogP contribution in [0, 0.1) is 5.41 Å². The number of halogens is 3. The van der Waals surface area contributed by atoms with Crippen molar-refractivity contribution in [2.45, 2.75) is 40.0 Å². The van der Waals surface area contributed by atoms with Gasteiger partial charge in [-0.25, -0.2) is 4.79 Å². The first-order valence-electron chi connectivity index (χ1n) is 14.5. The number of piperazine rings is 1. The summed E-state index contributed by atoms with van der Waals surface area (Å²) < 4.78 is 11.4. The van der Waals surface area contributed by atoms with Crippen molar-refractivity contribution >= 4 is 52.0 Å². The number of allylic oxidation sites excluding steroid dienone is 1. The van der Waals surface area contributed by atoms with Crippen LogP contribution in [0.5, 0.6) is 11.5 Å². The highest BCUT2D eigenvalue weighted by atomic mass is 35.5. The Hall–Kier alpha value is -2.70. The molecule has 5 nitrogen and oxygen atoms in total. The number of carbonyl (C=O) groups excluding carboxylic acids is 1. The van der Waals surface area contributed by atoms with Crippen LogP contribution in [0.15, 0.2) is 66.2 Å². The zero-order valence-corrected chi connectivity index (χ0v) is 26.7. The van der Waals surface area contributed by atoms with Gasteiger partial charge in [-0.2, -0.15) is 0 Å². The first kappa shape index (κ1) is 30.7. The normalized spacial score (nSPS) is 17.3. The zero-order valence-electron chi connectivity index (χ0n) is 24.4. The summed E-state index contributed by atoms with van der Waals surface area (Å²) in [5.41, 5.74) is 5.92. The second kappa shape index (κ2) is 13.3. The summed E-state index contributed by atoms with van der Waals surface area (Å²) in [6, 6.07) is 19.1. The third kappa shape index (κ3) is 7.26. The Morgan fingerprint density at radius 3 is 2.38 bits per heavy atom. The van der Waals surface area contributed by atoms with Gasteiger partial charge in [-0.1, -0.05) is 72.4 Å². The van der Waals surface area contributed by atoms with E-state index >= 15 is 0 Å². The van der Waals surface area contributed by atoms with Crippen molar-refractivity contribution in [3.63, 3.8) is 0 Å². The molecule has 0 N–H and O–H groups in total. The van der Waals surface area contributed by atoms with Crippen LogP contribution in [-0.4, -0.2) is 50.2 Å². The maximum Gasteiger partial charge on any atom is 0.341 e. The lowest BCUT2D eigenvalue weighted by molar-refractivity contribution is 0.0523. The summed E-state index contributed by atoms with van der Waals surface area (Å²) in [6.45, 7) is 11.4. The van der Waals surface area contributed by atoms with Crippen LogP contribution in [0.25, 0.3) is 5.57 Å². The average Bonchev–Trinajstić information content (AvgIpc) is 2.97. The molecule has 5 rings (SSSR count). The summed E-state index contributed by atoms with van der Waals surface area (Å²) in [5, 5.41) is 1.45. The van der Waals surface area contributed by atoms with E-state index in [9.17, 15) is 4.79 Å². The van der Waals surface area contributed by atoms with Crippen LogP contribution in [-0.2, 0) is 4.74 Å². The second-order valence-electron chi connectivity index (χ2n) is 11.7. The molecule has 1 saturated heterocycles. The summed E-state index contributed by atoms with van der Waals surface area (Å²) in [6.07, 6.45) is 3.40. The summed E-state index contributed by atoms with van der Waals surface area (Å²) in [4.78, 5) is 17.6. The van der Waals surface area contributed by atoms with Gasteiger partial charge in [0.15, 0.2) is 0 Å². The maximum absolute atomic E-state index is 12.7. The van der Waals surface area contributed by atoms with Crippen molar-refractivity contribution in [1.29, 1.82) is 0 Å². The van der Waals surface area contributed by atoms with Crippen LogP contribution < -0.4 is 9.64 Å². The number of carbonyl (C=O) groups is 1. The highest BCUT2D eigenvalue weighted by Crippen LogP contribution is 2.43. The molecule has 1 aliphatic heterocycles. The molecule has 222 valence electrons. The molecule has 0 spiro atoms. The van der Waals surface area contributed by atoms with Crippen LogP contribution in [0.2, 0.25) is 15.1 Å². The van der Waals surface area contributed by atoms with E-state index in [4.69, 9.17) is 44.3 Å². The molecule has 0 radical (unpaired) electrons. The van der Waals surface area contributed by atoms with Gasteiger partial charge in [-0.15, -0.1) is 0 Å². The van der Waals surface area contributed by atoms with E-state index in [2.05, 4.69) is 35.8 Å². The number of benzene rings is 3. The van der Waals surface area contributed by atoms with Gasteiger partial charge in [0.25, 0.3) is 0 Å². The first-order chi connectivity index (χ1) is 20.1. The predicted molar refractivity (Wildman–Crippen MR) is 174 cm³/mol. The minimum absolute atomic E-state index is 0.271. The molecule has 0 bridgehead atoms. The molecule has 1 heterocycles. The van der Waals surface area contributed by atoms with E-state index in [1.165, 1.54) is 23.1 Å². The van der Waals surface area contributed by atoms with E-state index in [0.717, 1.165) is 56.3 Å². The molecular formula is C34H37Cl3N2O3. The number of esters is 1. The molecule has 0 saturated carbocycles. The Labute approximate surface area is 264 Å². The molecule has 2 aliphatic rings. The summed E-state index contributed by atoms with van der Waals surface area (Å²) in [7, 11) is 0. The van der Waals surface area contributed by atoms with E-state index in [1.807, 2.05) is 24.3 Å². The molecule has 8 heteroatoms. The minimum atomic E-state index is -0.442. The van der Waals surface area contributed by atoms with E-state index in [-0.39, 0.29) is 6.61 Å².